The molecule has 0 saturated carbocycles. The molecular weight excluding hydrogens is 254 g/mol. The number of cyclic esters (lactones) is 1. The number of hydrogen-bond donors (Lipinski definition) is 1. The van der Waals surface area contributed by atoms with Crippen LogP contribution in [0.15, 0.2) is 66.5 Å². The van der Waals surface area contributed by atoms with Crippen molar-refractivity contribution in [3.05, 3.63) is 77.7 Å². The minimum atomic E-state index is -0.885. The van der Waals surface area contributed by atoms with Crippen LogP contribution in [-0.2, 0) is 14.3 Å². The molecule has 1 aliphatic heterocycles. The van der Waals surface area contributed by atoms with E-state index in [1.54, 1.807) is 0 Å². The van der Waals surface area contributed by atoms with Gasteiger partial charge in [0.05, 0.1) is 0 Å². The number of carbonyl (C=O) groups is 2. The van der Waals surface area contributed by atoms with Gasteiger partial charge in [0.25, 0.3) is 0 Å². The smallest absolute Gasteiger partial charge is 0.402 e. The summed E-state index contributed by atoms with van der Waals surface area (Å²) < 4.78 is 5.02. The van der Waals surface area contributed by atoms with E-state index in [0.717, 1.165) is 11.1 Å². The fourth-order valence-corrected chi connectivity index (χ4v) is 2.07. The van der Waals surface area contributed by atoms with E-state index in [0.29, 0.717) is 5.57 Å². The van der Waals surface area contributed by atoms with Gasteiger partial charge >= 0.3 is 11.9 Å². The Morgan fingerprint density at radius 1 is 0.800 bits per heavy atom. The molecular formula is C16H11NO3. The average molecular weight is 265 g/mol. The molecule has 20 heavy (non-hydrogen) atoms. The van der Waals surface area contributed by atoms with Crippen LogP contribution < -0.4 is 5.32 Å². The van der Waals surface area contributed by atoms with Crippen molar-refractivity contribution in [1.29, 1.82) is 0 Å². The first-order chi connectivity index (χ1) is 9.75. The van der Waals surface area contributed by atoms with Crippen LogP contribution in [0.3, 0.4) is 0 Å². The van der Waals surface area contributed by atoms with Crippen LogP contribution in [-0.4, -0.2) is 11.9 Å². The Morgan fingerprint density at radius 3 is 1.70 bits per heavy atom. The molecule has 1 fully saturated rings. The second kappa shape index (κ2) is 5.01. The second-order valence-corrected chi connectivity index (χ2v) is 4.28. The maximum atomic E-state index is 11.3. The zero-order valence-electron chi connectivity index (χ0n) is 10.5. The second-order valence-electron chi connectivity index (χ2n) is 4.28. The third kappa shape index (κ3) is 2.19. The largest absolute Gasteiger partial charge is 0.403 e. The lowest BCUT2D eigenvalue weighted by Gasteiger charge is -2.10. The molecule has 0 aliphatic carbocycles. The fourth-order valence-electron chi connectivity index (χ4n) is 2.07. The van der Waals surface area contributed by atoms with Gasteiger partial charge in [-0.3, -0.25) is 10.1 Å². The molecule has 1 aliphatic rings. The summed E-state index contributed by atoms with van der Waals surface area (Å²) in [6, 6.07) is 18.9. The molecule has 98 valence electrons. The normalized spacial score (nSPS) is 13.9. The molecule has 0 aromatic heterocycles. The molecule has 2 aromatic carbocycles. The highest BCUT2D eigenvalue weighted by molar-refractivity contribution is 6.35. The number of ether oxygens (including phenoxy) is 1. The number of esters is 1. The van der Waals surface area contributed by atoms with Crippen LogP contribution in [0.25, 0.3) is 5.57 Å². The van der Waals surface area contributed by atoms with E-state index < -0.39 is 11.9 Å². The lowest BCUT2D eigenvalue weighted by molar-refractivity contribution is -0.145. The lowest BCUT2D eigenvalue weighted by Crippen LogP contribution is -2.18. The zero-order chi connectivity index (χ0) is 13.9. The molecule has 0 atom stereocenters. The third-order valence-electron chi connectivity index (χ3n) is 2.96. The molecule has 1 N–H and O–H groups in total. The minimum Gasteiger partial charge on any atom is -0.402 e. The Hall–Kier alpha value is -2.88. The van der Waals surface area contributed by atoms with Crippen molar-refractivity contribution in [3.8, 4) is 0 Å². The van der Waals surface area contributed by atoms with Crippen molar-refractivity contribution in [1.82, 2.24) is 5.32 Å². The van der Waals surface area contributed by atoms with E-state index in [1.165, 1.54) is 0 Å². The van der Waals surface area contributed by atoms with E-state index >= 15 is 0 Å². The van der Waals surface area contributed by atoms with Gasteiger partial charge in [0.1, 0.15) is 0 Å². The molecule has 3 rings (SSSR count). The Kier molecular flexibility index (Phi) is 3.05. The van der Waals surface area contributed by atoms with E-state index in [4.69, 9.17) is 4.74 Å². The first kappa shape index (κ1) is 12.2. The first-order valence-electron chi connectivity index (χ1n) is 6.14. The van der Waals surface area contributed by atoms with Gasteiger partial charge in [-0.1, -0.05) is 60.7 Å². The summed E-state index contributed by atoms with van der Waals surface area (Å²) in [4.78, 5) is 22.6. The number of hydrogen-bond acceptors (Lipinski definition) is 3. The van der Waals surface area contributed by atoms with Crippen LogP contribution in [0.1, 0.15) is 11.1 Å². The SMILES string of the molecule is O=C1NC(=C(c2ccccc2)c2ccccc2)OC1=O. The number of amides is 1. The standard InChI is InChI=1S/C16H11NO3/c18-14-16(19)20-15(17-14)13(11-7-3-1-4-8-11)12-9-5-2-6-10-12/h1-10H,(H,17,18). The maximum absolute atomic E-state index is 11.3. The molecule has 1 saturated heterocycles. The molecule has 0 spiro atoms. The minimum absolute atomic E-state index is 0.178. The highest BCUT2D eigenvalue weighted by Crippen LogP contribution is 2.27. The van der Waals surface area contributed by atoms with Gasteiger partial charge in [0.15, 0.2) is 0 Å². The summed E-state index contributed by atoms with van der Waals surface area (Å²) in [6.45, 7) is 0. The van der Waals surface area contributed by atoms with Crippen molar-refractivity contribution < 1.29 is 14.3 Å². The van der Waals surface area contributed by atoms with Crippen LogP contribution in [0.4, 0.5) is 0 Å². The van der Waals surface area contributed by atoms with Gasteiger partial charge in [-0.2, -0.15) is 0 Å². The molecule has 1 heterocycles. The van der Waals surface area contributed by atoms with Crippen LogP contribution in [0.2, 0.25) is 0 Å². The molecule has 0 radical (unpaired) electrons. The highest BCUT2D eigenvalue weighted by Gasteiger charge is 2.30. The van der Waals surface area contributed by atoms with E-state index in [2.05, 4.69) is 5.32 Å². The summed E-state index contributed by atoms with van der Waals surface area (Å²) in [5.74, 6) is -1.45. The molecule has 2 aromatic rings. The van der Waals surface area contributed by atoms with Crippen LogP contribution >= 0.6 is 0 Å². The van der Waals surface area contributed by atoms with Gasteiger partial charge in [0.2, 0.25) is 5.88 Å². The van der Waals surface area contributed by atoms with E-state index in [-0.39, 0.29) is 5.88 Å². The third-order valence-corrected chi connectivity index (χ3v) is 2.96. The van der Waals surface area contributed by atoms with Gasteiger partial charge in [-0.25, -0.2) is 4.79 Å². The predicted molar refractivity (Wildman–Crippen MR) is 73.1 cm³/mol. The molecule has 1 amide bonds. The fraction of sp³-hybridized carbons (Fsp3) is 0. The monoisotopic (exact) mass is 265 g/mol. The molecule has 4 heteroatoms. The Morgan fingerprint density at radius 2 is 1.30 bits per heavy atom. The van der Waals surface area contributed by atoms with E-state index in [1.807, 2.05) is 60.7 Å². The lowest BCUT2D eigenvalue weighted by atomic mass is 9.98. The Bertz CT molecular complexity index is 631. The number of rotatable bonds is 2. The quantitative estimate of drug-likeness (QED) is 0.668. The van der Waals surface area contributed by atoms with Crippen molar-refractivity contribution >= 4 is 17.4 Å². The Labute approximate surface area is 115 Å². The van der Waals surface area contributed by atoms with Gasteiger partial charge in [-0.05, 0) is 11.1 Å². The number of nitrogens with one attached hydrogen (secondary N) is 1. The van der Waals surface area contributed by atoms with E-state index in [9.17, 15) is 9.59 Å². The Balaban J connectivity index is 2.18. The van der Waals surface area contributed by atoms with Crippen molar-refractivity contribution in [2.75, 3.05) is 0 Å². The molecule has 0 unspecified atom stereocenters. The molecule has 4 nitrogen and oxygen atoms in total. The van der Waals surface area contributed by atoms with Crippen LogP contribution in [0, 0.1) is 0 Å². The predicted octanol–water partition coefficient (Wildman–Crippen LogP) is 2.08. The summed E-state index contributed by atoms with van der Waals surface area (Å²) in [6.07, 6.45) is 0. The highest BCUT2D eigenvalue weighted by atomic mass is 16.6. The summed E-state index contributed by atoms with van der Waals surface area (Å²) in [5, 5.41) is 2.47. The molecule has 0 bridgehead atoms. The summed E-state index contributed by atoms with van der Waals surface area (Å²) in [7, 11) is 0. The number of benzene rings is 2. The average Bonchev–Trinajstić information content (AvgIpc) is 2.81. The summed E-state index contributed by atoms with van der Waals surface area (Å²) in [5.41, 5.74) is 2.41. The number of carbonyl (C=O) groups excluding carboxylic acids is 2. The summed E-state index contributed by atoms with van der Waals surface area (Å²) >= 11 is 0. The topological polar surface area (TPSA) is 55.4 Å². The maximum Gasteiger partial charge on any atom is 0.403 e. The van der Waals surface area contributed by atoms with Gasteiger partial charge < -0.3 is 4.74 Å². The van der Waals surface area contributed by atoms with Gasteiger partial charge in [-0.15, -0.1) is 0 Å². The van der Waals surface area contributed by atoms with Crippen molar-refractivity contribution in [2.24, 2.45) is 0 Å². The van der Waals surface area contributed by atoms with Crippen molar-refractivity contribution in [2.45, 2.75) is 0 Å². The first-order valence-corrected chi connectivity index (χ1v) is 6.14. The van der Waals surface area contributed by atoms with Gasteiger partial charge in [0, 0.05) is 5.57 Å². The van der Waals surface area contributed by atoms with Crippen LogP contribution in [0.5, 0.6) is 0 Å². The zero-order valence-corrected chi connectivity index (χ0v) is 10.5. The van der Waals surface area contributed by atoms with Crippen molar-refractivity contribution in [3.63, 3.8) is 0 Å².